The molecular formula is C19H19N3O4. The van der Waals surface area contributed by atoms with Crippen LogP contribution in [-0.2, 0) is 0 Å². The van der Waals surface area contributed by atoms with Gasteiger partial charge in [0.1, 0.15) is 0 Å². The normalized spacial score (nSPS) is 13.0. The summed E-state index contributed by atoms with van der Waals surface area (Å²) in [4.78, 5) is 34.5. The molecule has 0 unspecified atom stereocenters. The minimum Gasteiger partial charge on any atom is -0.464 e. The summed E-state index contributed by atoms with van der Waals surface area (Å²) in [7, 11) is 0. The lowest BCUT2D eigenvalue weighted by Crippen LogP contribution is -2.40. The Balaban J connectivity index is 1.78. The Hall–Kier alpha value is -3.35. The summed E-state index contributed by atoms with van der Waals surface area (Å²) in [5.74, 6) is -0.627. The van der Waals surface area contributed by atoms with Crippen molar-refractivity contribution < 1.29 is 19.5 Å². The van der Waals surface area contributed by atoms with E-state index in [0.29, 0.717) is 17.2 Å². The second kappa shape index (κ2) is 7.26. The lowest BCUT2D eigenvalue weighted by molar-refractivity contribution is 0.0925. The van der Waals surface area contributed by atoms with Crippen molar-refractivity contribution in [2.24, 2.45) is 0 Å². The minimum absolute atomic E-state index is 0.0792. The number of carboxylic acid groups (broad SMARTS) is 1. The van der Waals surface area contributed by atoms with E-state index in [-0.39, 0.29) is 5.91 Å². The Kier molecular flexibility index (Phi) is 4.88. The molecule has 0 spiro atoms. The number of hydrogen-bond acceptors (Lipinski definition) is 3. The molecule has 3 rings (SSSR count). The molecule has 1 aliphatic carbocycles. The van der Waals surface area contributed by atoms with E-state index in [0.717, 1.165) is 29.5 Å². The van der Waals surface area contributed by atoms with Crippen molar-refractivity contribution in [2.45, 2.75) is 25.8 Å². The fourth-order valence-corrected chi connectivity index (χ4v) is 2.55. The highest BCUT2D eigenvalue weighted by Gasteiger charge is 2.24. The standard InChI is InChI=1S/C19H19N3O4/c1-11-2-3-14(17(23)20-15-8-9-15)10-16(11)12-4-6-13(7-5-12)18(24)21-22-19(25)26/h2-7,10,15,22H,8-9H2,1H3,(H,20,23)(H,21,24)(H,25,26). The third-order valence-corrected chi connectivity index (χ3v) is 4.15. The minimum atomic E-state index is -1.34. The van der Waals surface area contributed by atoms with Gasteiger partial charge in [-0.3, -0.25) is 15.0 Å². The van der Waals surface area contributed by atoms with Gasteiger partial charge in [0.2, 0.25) is 0 Å². The highest BCUT2D eigenvalue weighted by Crippen LogP contribution is 2.26. The zero-order chi connectivity index (χ0) is 18.7. The third-order valence-electron chi connectivity index (χ3n) is 4.15. The van der Waals surface area contributed by atoms with Crippen molar-refractivity contribution in [3.63, 3.8) is 0 Å². The maximum Gasteiger partial charge on any atom is 0.423 e. The van der Waals surface area contributed by atoms with Crippen LogP contribution in [-0.4, -0.2) is 29.1 Å². The van der Waals surface area contributed by atoms with Crippen LogP contribution in [0.5, 0.6) is 0 Å². The van der Waals surface area contributed by atoms with Crippen LogP contribution < -0.4 is 16.2 Å². The lowest BCUT2D eigenvalue weighted by Gasteiger charge is -2.10. The Morgan fingerprint density at radius 2 is 1.58 bits per heavy atom. The van der Waals surface area contributed by atoms with E-state index in [9.17, 15) is 14.4 Å². The molecule has 7 nitrogen and oxygen atoms in total. The number of benzene rings is 2. The first-order valence-corrected chi connectivity index (χ1v) is 8.25. The lowest BCUT2D eigenvalue weighted by atomic mass is 9.97. The van der Waals surface area contributed by atoms with Crippen LogP contribution in [0.15, 0.2) is 42.5 Å². The molecule has 1 aliphatic rings. The molecule has 7 heteroatoms. The summed E-state index contributed by atoms with van der Waals surface area (Å²) in [6, 6.07) is 12.6. The average Bonchev–Trinajstić information content (AvgIpc) is 3.44. The van der Waals surface area contributed by atoms with Gasteiger partial charge in [0, 0.05) is 17.2 Å². The van der Waals surface area contributed by atoms with E-state index >= 15 is 0 Å². The molecule has 0 bridgehead atoms. The molecule has 2 aromatic carbocycles. The number of aryl methyl sites for hydroxylation is 1. The van der Waals surface area contributed by atoms with E-state index in [4.69, 9.17) is 5.11 Å². The number of hydrogen-bond donors (Lipinski definition) is 4. The first-order valence-electron chi connectivity index (χ1n) is 8.25. The second-order valence-electron chi connectivity index (χ2n) is 6.24. The molecule has 1 saturated carbocycles. The van der Waals surface area contributed by atoms with E-state index in [1.54, 1.807) is 30.3 Å². The molecular weight excluding hydrogens is 334 g/mol. The van der Waals surface area contributed by atoms with E-state index < -0.39 is 12.0 Å². The van der Waals surface area contributed by atoms with Crippen LogP contribution in [0, 0.1) is 6.92 Å². The van der Waals surface area contributed by atoms with Crippen LogP contribution in [0.3, 0.4) is 0 Å². The zero-order valence-corrected chi connectivity index (χ0v) is 14.2. The molecule has 2 aromatic rings. The number of rotatable bonds is 4. The Bertz CT molecular complexity index is 858. The van der Waals surface area contributed by atoms with Crippen molar-refractivity contribution in [2.75, 3.05) is 0 Å². The van der Waals surface area contributed by atoms with Crippen LogP contribution >= 0.6 is 0 Å². The van der Waals surface area contributed by atoms with Crippen LogP contribution in [0.2, 0.25) is 0 Å². The van der Waals surface area contributed by atoms with Crippen molar-refractivity contribution in [1.82, 2.24) is 16.2 Å². The molecule has 0 atom stereocenters. The summed E-state index contributed by atoms with van der Waals surface area (Å²) in [5, 5.41) is 11.5. The summed E-state index contributed by atoms with van der Waals surface area (Å²) >= 11 is 0. The van der Waals surface area contributed by atoms with E-state index in [2.05, 4.69) is 10.7 Å². The summed E-state index contributed by atoms with van der Waals surface area (Å²) < 4.78 is 0. The van der Waals surface area contributed by atoms with E-state index in [1.165, 1.54) is 0 Å². The van der Waals surface area contributed by atoms with Gasteiger partial charge in [-0.05, 0) is 60.7 Å². The van der Waals surface area contributed by atoms with Gasteiger partial charge in [0.25, 0.3) is 11.8 Å². The Labute approximate surface area is 150 Å². The van der Waals surface area contributed by atoms with Crippen LogP contribution in [0.1, 0.15) is 39.1 Å². The second-order valence-corrected chi connectivity index (χ2v) is 6.24. The summed E-state index contributed by atoms with van der Waals surface area (Å²) in [6.45, 7) is 1.95. The molecule has 3 amide bonds. The maximum absolute atomic E-state index is 12.2. The van der Waals surface area contributed by atoms with Crippen molar-refractivity contribution >= 4 is 17.9 Å². The quantitative estimate of drug-likeness (QED) is 0.633. The van der Waals surface area contributed by atoms with Crippen LogP contribution in [0.25, 0.3) is 11.1 Å². The van der Waals surface area contributed by atoms with Crippen molar-refractivity contribution in [3.05, 3.63) is 59.2 Å². The molecule has 4 N–H and O–H groups in total. The molecule has 0 aromatic heterocycles. The number of hydrazine groups is 1. The van der Waals surface area contributed by atoms with Gasteiger partial charge < -0.3 is 10.4 Å². The predicted molar refractivity (Wildman–Crippen MR) is 95.7 cm³/mol. The van der Waals surface area contributed by atoms with Crippen molar-refractivity contribution in [1.29, 1.82) is 0 Å². The van der Waals surface area contributed by atoms with Crippen LogP contribution in [0.4, 0.5) is 4.79 Å². The molecule has 0 heterocycles. The molecule has 1 fully saturated rings. The Morgan fingerprint density at radius 1 is 0.923 bits per heavy atom. The zero-order valence-electron chi connectivity index (χ0n) is 14.2. The number of carbonyl (C=O) groups excluding carboxylic acids is 2. The van der Waals surface area contributed by atoms with Crippen molar-refractivity contribution in [3.8, 4) is 11.1 Å². The van der Waals surface area contributed by atoms with E-state index in [1.807, 2.05) is 24.5 Å². The number of amides is 3. The first-order chi connectivity index (χ1) is 12.4. The molecule has 0 aliphatic heterocycles. The topological polar surface area (TPSA) is 108 Å². The molecule has 134 valence electrons. The van der Waals surface area contributed by atoms with Gasteiger partial charge in [-0.25, -0.2) is 10.2 Å². The molecule has 0 saturated heterocycles. The highest BCUT2D eigenvalue weighted by molar-refractivity contribution is 5.97. The predicted octanol–water partition coefficient (Wildman–Crippen LogP) is 2.47. The summed E-state index contributed by atoms with van der Waals surface area (Å²) in [6.07, 6.45) is 0.724. The van der Waals surface area contributed by atoms with Gasteiger partial charge >= 0.3 is 6.09 Å². The number of nitrogens with one attached hydrogen (secondary N) is 3. The fraction of sp³-hybridized carbons (Fsp3) is 0.211. The van der Waals surface area contributed by atoms with Gasteiger partial charge in [-0.2, -0.15) is 0 Å². The maximum atomic E-state index is 12.2. The monoisotopic (exact) mass is 353 g/mol. The SMILES string of the molecule is Cc1ccc(C(=O)NC2CC2)cc1-c1ccc(C(=O)NNC(=O)O)cc1. The highest BCUT2D eigenvalue weighted by atomic mass is 16.4. The largest absolute Gasteiger partial charge is 0.464 e. The van der Waals surface area contributed by atoms with Gasteiger partial charge in [-0.15, -0.1) is 0 Å². The van der Waals surface area contributed by atoms with Gasteiger partial charge in [-0.1, -0.05) is 18.2 Å². The third kappa shape index (κ3) is 4.18. The first kappa shape index (κ1) is 17.5. The number of carbonyl (C=O) groups is 3. The smallest absolute Gasteiger partial charge is 0.423 e. The van der Waals surface area contributed by atoms with Gasteiger partial charge in [0.05, 0.1) is 0 Å². The Morgan fingerprint density at radius 3 is 2.19 bits per heavy atom. The molecule has 0 radical (unpaired) electrons. The average molecular weight is 353 g/mol. The molecule has 26 heavy (non-hydrogen) atoms. The van der Waals surface area contributed by atoms with Gasteiger partial charge in [0.15, 0.2) is 0 Å². The summed E-state index contributed by atoms with van der Waals surface area (Å²) in [5.41, 5.74) is 7.60. The fourth-order valence-electron chi connectivity index (χ4n) is 2.55.